The van der Waals surface area contributed by atoms with Gasteiger partial charge in [-0.05, 0) is 50.2 Å². The summed E-state index contributed by atoms with van der Waals surface area (Å²) in [5, 5.41) is 0. The fraction of sp³-hybridized carbons (Fsp3) is 0.391. The van der Waals surface area contributed by atoms with Crippen LogP contribution in [0.3, 0.4) is 0 Å². The normalized spacial score (nSPS) is 16.8. The Hall–Kier alpha value is -2.82. The zero-order valence-corrected chi connectivity index (χ0v) is 16.9. The van der Waals surface area contributed by atoms with Gasteiger partial charge in [0.2, 0.25) is 5.91 Å². The summed E-state index contributed by atoms with van der Waals surface area (Å²) in [5.74, 6) is 0.757. The monoisotopic (exact) mass is 380 g/mol. The molecule has 5 heteroatoms. The standard InChI is InChI=1S/C23H28N2O3/c1-17-4-8-20(9-5-17)25-15-14-24(16-18(25)2)23(27)13-12-22(26)19-6-10-21(28-3)11-7-19/h4-11,18H,12-16H2,1-3H3/t18-/m1/s1. The van der Waals surface area contributed by atoms with E-state index in [-0.39, 0.29) is 30.6 Å². The number of hydrogen-bond donors (Lipinski definition) is 0. The molecule has 0 N–H and O–H groups in total. The lowest BCUT2D eigenvalue weighted by atomic mass is 10.1. The molecule has 1 aliphatic heterocycles. The lowest BCUT2D eigenvalue weighted by Crippen LogP contribution is -2.53. The van der Waals surface area contributed by atoms with Crippen LogP contribution in [-0.4, -0.2) is 49.4 Å². The third kappa shape index (κ3) is 4.71. The molecule has 1 amide bonds. The van der Waals surface area contributed by atoms with Crippen molar-refractivity contribution in [3.8, 4) is 5.75 Å². The van der Waals surface area contributed by atoms with Crippen LogP contribution in [0.4, 0.5) is 5.69 Å². The Morgan fingerprint density at radius 2 is 1.68 bits per heavy atom. The van der Waals surface area contributed by atoms with Crippen molar-refractivity contribution in [2.24, 2.45) is 0 Å². The average Bonchev–Trinajstić information content (AvgIpc) is 2.72. The predicted molar refractivity (Wildman–Crippen MR) is 111 cm³/mol. The Morgan fingerprint density at radius 1 is 1.00 bits per heavy atom. The first-order valence-electron chi connectivity index (χ1n) is 9.76. The first-order valence-corrected chi connectivity index (χ1v) is 9.76. The third-order valence-electron chi connectivity index (χ3n) is 5.32. The summed E-state index contributed by atoms with van der Waals surface area (Å²) in [7, 11) is 1.59. The van der Waals surface area contributed by atoms with Gasteiger partial charge in [-0.3, -0.25) is 9.59 Å². The average molecular weight is 380 g/mol. The molecule has 2 aromatic carbocycles. The van der Waals surface area contributed by atoms with Gasteiger partial charge in [0, 0.05) is 49.8 Å². The second-order valence-electron chi connectivity index (χ2n) is 7.37. The number of anilines is 1. The Labute approximate surface area is 166 Å². The third-order valence-corrected chi connectivity index (χ3v) is 5.32. The van der Waals surface area contributed by atoms with Gasteiger partial charge in [-0.1, -0.05) is 17.7 Å². The van der Waals surface area contributed by atoms with Crippen LogP contribution < -0.4 is 9.64 Å². The maximum Gasteiger partial charge on any atom is 0.223 e. The molecule has 1 fully saturated rings. The fourth-order valence-corrected chi connectivity index (χ4v) is 3.60. The molecule has 1 aliphatic rings. The highest BCUT2D eigenvalue weighted by Crippen LogP contribution is 2.22. The minimum Gasteiger partial charge on any atom is -0.497 e. The molecule has 0 aliphatic carbocycles. The van der Waals surface area contributed by atoms with Gasteiger partial charge in [0.05, 0.1) is 7.11 Å². The smallest absolute Gasteiger partial charge is 0.223 e. The van der Waals surface area contributed by atoms with Crippen LogP contribution in [0.15, 0.2) is 48.5 Å². The van der Waals surface area contributed by atoms with Gasteiger partial charge in [0.25, 0.3) is 0 Å². The molecule has 148 valence electrons. The number of aryl methyl sites for hydroxylation is 1. The highest BCUT2D eigenvalue weighted by molar-refractivity contribution is 5.98. The molecule has 1 atom stereocenters. The zero-order valence-electron chi connectivity index (χ0n) is 16.9. The molecule has 1 heterocycles. The van der Waals surface area contributed by atoms with Crippen LogP contribution in [0.1, 0.15) is 35.7 Å². The summed E-state index contributed by atoms with van der Waals surface area (Å²) < 4.78 is 5.11. The van der Waals surface area contributed by atoms with E-state index in [0.29, 0.717) is 24.4 Å². The van der Waals surface area contributed by atoms with E-state index >= 15 is 0 Å². The maximum atomic E-state index is 12.6. The number of methoxy groups -OCH3 is 1. The first-order chi connectivity index (χ1) is 13.5. The van der Waals surface area contributed by atoms with Crippen molar-refractivity contribution in [1.82, 2.24) is 4.90 Å². The fourth-order valence-electron chi connectivity index (χ4n) is 3.60. The molecular formula is C23H28N2O3. The number of ether oxygens (including phenoxy) is 1. The minimum atomic E-state index is -0.0117. The van der Waals surface area contributed by atoms with E-state index in [1.807, 2.05) is 4.90 Å². The lowest BCUT2D eigenvalue weighted by Gasteiger charge is -2.41. The molecule has 2 aromatic rings. The number of piperazine rings is 1. The van der Waals surface area contributed by atoms with Crippen molar-refractivity contribution in [3.63, 3.8) is 0 Å². The quantitative estimate of drug-likeness (QED) is 0.717. The lowest BCUT2D eigenvalue weighted by molar-refractivity contribution is -0.131. The SMILES string of the molecule is COc1ccc(C(=O)CCC(=O)N2CCN(c3ccc(C)cc3)[C@H](C)C2)cc1. The van der Waals surface area contributed by atoms with E-state index < -0.39 is 0 Å². The molecule has 0 spiro atoms. The topological polar surface area (TPSA) is 49.9 Å². The zero-order chi connectivity index (χ0) is 20.1. The van der Waals surface area contributed by atoms with Crippen molar-refractivity contribution < 1.29 is 14.3 Å². The van der Waals surface area contributed by atoms with E-state index in [0.717, 1.165) is 6.54 Å². The van der Waals surface area contributed by atoms with E-state index in [1.54, 1.807) is 31.4 Å². The van der Waals surface area contributed by atoms with Crippen molar-refractivity contribution >= 4 is 17.4 Å². The van der Waals surface area contributed by atoms with Crippen molar-refractivity contribution in [2.45, 2.75) is 32.7 Å². The number of hydrogen-bond acceptors (Lipinski definition) is 4. The molecule has 0 saturated carbocycles. The van der Waals surface area contributed by atoms with Gasteiger partial charge in [-0.25, -0.2) is 0 Å². The predicted octanol–water partition coefficient (Wildman–Crippen LogP) is 3.70. The molecule has 1 saturated heterocycles. The van der Waals surface area contributed by atoms with Crippen LogP contribution >= 0.6 is 0 Å². The van der Waals surface area contributed by atoms with Crippen LogP contribution in [0.5, 0.6) is 5.75 Å². The molecule has 0 bridgehead atoms. The second kappa shape index (κ2) is 8.91. The Kier molecular flexibility index (Phi) is 6.34. The van der Waals surface area contributed by atoms with E-state index in [4.69, 9.17) is 4.74 Å². The Bertz CT molecular complexity index is 815. The van der Waals surface area contributed by atoms with Gasteiger partial charge in [0.1, 0.15) is 5.75 Å². The summed E-state index contributed by atoms with van der Waals surface area (Å²) in [6.45, 7) is 6.40. The Morgan fingerprint density at radius 3 is 2.29 bits per heavy atom. The van der Waals surface area contributed by atoms with Gasteiger partial charge < -0.3 is 14.5 Å². The molecule has 0 unspecified atom stereocenters. The Balaban J connectivity index is 1.51. The first kappa shape index (κ1) is 19.9. The van der Waals surface area contributed by atoms with Gasteiger partial charge in [0.15, 0.2) is 5.78 Å². The molecular weight excluding hydrogens is 352 g/mol. The summed E-state index contributed by atoms with van der Waals surface area (Å²) in [4.78, 5) is 29.2. The number of benzene rings is 2. The number of amides is 1. The van der Waals surface area contributed by atoms with Gasteiger partial charge >= 0.3 is 0 Å². The molecule has 28 heavy (non-hydrogen) atoms. The largest absolute Gasteiger partial charge is 0.497 e. The van der Waals surface area contributed by atoms with Crippen LogP contribution in [-0.2, 0) is 4.79 Å². The number of ketones is 1. The minimum absolute atomic E-state index is 0.0117. The van der Waals surface area contributed by atoms with Crippen molar-refractivity contribution in [1.29, 1.82) is 0 Å². The van der Waals surface area contributed by atoms with Crippen molar-refractivity contribution in [2.75, 3.05) is 31.6 Å². The molecule has 3 rings (SSSR count). The summed E-state index contributed by atoms with van der Waals surface area (Å²) in [5.41, 5.74) is 3.05. The number of rotatable bonds is 6. The van der Waals surface area contributed by atoms with E-state index in [1.165, 1.54) is 11.3 Å². The maximum absolute atomic E-state index is 12.6. The van der Waals surface area contributed by atoms with Crippen molar-refractivity contribution in [3.05, 3.63) is 59.7 Å². The van der Waals surface area contributed by atoms with E-state index in [2.05, 4.69) is 43.0 Å². The highest BCUT2D eigenvalue weighted by Gasteiger charge is 2.27. The number of carbonyl (C=O) groups excluding carboxylic acids is 2. The van der Waals surface area contributed by atoms with Crippen LogP contribution in [0.2, 0.25) is 0 Å². The molecule has 5 nitrogen and oxygen atoms in total. The summed E-state index contributed by atoms with van der Waals surface area (Å²) >= 11 is 0. The molecule has 0 aromatic heterocycles. The van der Waals surface area contributed by atoms with Gasteiger partial charge in [-0.15, -0.1) is 0 Å². The summed E-state index contributed by atoms with van der Waals surface area (Å²) in [6, 6.07) is 15.8. The second-order valence-corrected chi connectivity index (χ2v) is 7.37. The number of Topliss-reactive ketones (excluding diaryl/α,β-unsaturated/α-hetero) is 1. The number of carbonyl (C=O) groups is 2. The number of nitrogens with zero attached hydrogens (tertiary/aromatic N) is 2. The van der Waals surface area contributed by atoms with Crippen LogP contribution in [0.25, 0.3) is 0 Å². The summed E-state index contributed by atoms with van der Waals surface area (Å²) in [6.07, 6.45) is 0.486. The molecule has 0 radical (unpaired) electrons. The van der Waals surface area contributed by atoms with Crippen LogP contribution in [0, 0.1) is 6.92 Å². The highest BCUT2D eigenvalue weighted by atomic mass is 16.5. The van der Waals surface area contributed by atoms with Gasteiger partial charge in [-0.2, -0.15) is 0 Å². The van der Waals surface area contributed by atoms with E-state index in [9.17, 15) is 9.59 Å².